The highest BCUT2D eigenvalue weighted by Crippen LogP contribution is 2.16. The first kappa shape index (κ1) is 8.71. The van der Waals surface area contributed by atoms with Crippen LogP contribution in [0.1, 0.15) is 16.8 Å². The molecule has 1 heterocycles. The highest BCUT2D eigenvalue weighted by atomic mass is 14.7. The van der Waals surface area contributed by atoms with Crippen LogP contribution in [-0.4, -0.2) is 4.98 Å². The summed E-state index contributed by atoms with van der Waals surface area (Å²) in [6.45, 7) is 4.02. The summed E-state index contributed by atoms with van der Waals surface area (Å²) in [5.41, 5.74) is 3.76. The second-order valence-corrected chi connectivity index (χ2v) is 3.41. The van der Waals surface area contributed by atoms with Gasteiger partial charge in [-0.2, -0.15) is 5.26 Å². The summed E-state index contributed by atoms with van der Waals surface area (Å²) in [7, 11) is 0. The number of rotatable bonds is 0. The van der Waals surface area contributed by atoms with Gasteiger partial charge < -0.3 is 0 Å². The zero-order chi connectivity index (χ0) is 10.1. The Morgan fingerprint density at radius 3 is 2.71 bits per heavy atom. The van der Waals surface area contributed by atoms with Crippen molar-refractivity contribution >= 4 is 10.9 Å². The fraction of sp³-hybridized carbons (Fsp3) is 0.167. The van der Waals surface area contributed by atoms with Crippen LogP contribution in [0, 0.1) is 25.2 Å². The van der Waals surface area contributed by atoms with Crippen molar-refractivity contribution in [1.29, 1.82) is 5.26 Å². The zero-order valence-electron chi connectivity index (χ0n) is 8.20. The first-order chi connectivity index (χ1) is 6.70. The van der Waals surface area contributed by atoms with E-state index in [1.54, 1.807) is 0 Å². The molecule has 0 radical (unpaired) electrons. The minimum atomic E-state index is 0.660. The Hall–Kier alpha value is -1.88. The van der Waals surface area contributed by atoms with Crippen LogP contribution in [0.15, 0.2) is 24.3 Å². The van der Waals surface area contributed by atoms with Gasteiger partial charge in [-0.3, -0.25) is 4.98 Å². The summed E-state index contributed by atoms with van der Waals surface area (Å²) in [6, 6.07) is 9.79. The minimum absolute atomic E-state index is 0.660. The van der Waals surface area contributed by atoms with Crippen molar-refractivity contribution in [3.8, 4) is 6.07 Å². The molecule has 2 rings (SSSR count). The third-order valence-corrected chi connectivity index (χ3v) is 2.39. The second kappa shape index (κ2) is 3.12. The van der Waals surface area contributed by atoms with E-state index in [1.165, 1.54) is 5.56 Å². The van der Waals surface area contributed by atoms with Gasteiger partial charge in [0.2, 0.25) is 0 Å². The minimum Gasteiger partial charge on any atom is -0.253 e. The molecule has 14 heavy (non-hydrogen) atoms. The fourth-order valence-corrected chi connectivity index (χ4v) is 1.44. The van der Waals surface area contributed by atoms with Gasteiger partial charge in [0.25, 0.3) is 0 Å². The summed E-state index contributed by atoms with van der Waals surface area (Å²) in [5, 5.41) is 9.83. The van der Waals surface area contributed by atoms with E-state index in [1.807, 2.05) is 32.0 Å². The summed E-state index contributed by atoms with van der Waals surface area (Å²) in [6.07, 6.45) is 0. The molecule has 0 aliphatic rings. The van der Waals surface area contributed by atoms with Crippen molar-refractivity contribution in [2.75, 3.05) is 0 Å². The van der Waals surface area contributed by atoms with E-state index in [2.05, 4.69) is 17.1 Å². The molecular weight excluding hydrogens is 172 g/mol. The van der Waals surface area contributed by atoms with Gasteiger partial charge in [-0.15, -0.1) is 0 Å². The number of hydrogen-bond donors (Lipinski definition) is 0. The van der Waals surface area contributed by atoms with E-state index in [0.717, 1.165) is 16.6 Å². The lowest BCUT2D eigenvalue weighted by atomic mass is 10.1. The Morgan fingerprint density at radius 1 is 1.21 bits per heavy atom. The van der Waals surface area contributed by atoms with Gasteiger partial charge in [0.05, 0.1) is 17.1 Å². The van der Waals surface area contributed by atoms with Gasteiger partial charge in [0.1, 0.15) is 0 Å². The summed E-state index contributed by atoms with van der Waals surface area (Å²) >= 11 is 0. The normalized spacial score (nSPS) is 10.1. The lowest BCUT2D eigenvalue weighted by Crippen LogP contribution is -1.88. The molecule has 2 aromatic rings. The lowest BCUT2D eigenvalue weighted by molar-refractivity contribution is 1.19. The van der Waals surface area contributed by atoms with E-state index < -0.39 is 0 Å². The van der Waals surface area contributed by atoms with E-state index in [0.29, 0.717) is 5.56 Å². The van der Waals surface area contributed by atoms with Gasteiger partial charge in [0, 0.05) is 11.1 Å². The number of fused-ring (bicyclic) bond motifs is 1. The SMILES string of the molecule is Cc1cc2ccc(C#N)cc2nc1C. The molecule has 0 amide bonds. The van der Waals surface area contributed by atoms with Crippen LogP contribution in [0.5, 0.6) is 0 Å². The van der Waals surface area contributed by atoms with Gasteiger partial charge in [-0.1, -0.05) is 6.07 Å². The van der Waals surface area contributed by atoms with E-state index in [4.69, 9.17) is 5.26 Å². The molecule has 0 spiro atoms. The average Bonchev–Trinajstić information content (AvgIpc) is 2.19. The van der Waals surface area contributed by atoms with Crippen molar-refractivity contribution in [3.05, 3.63) is 41.1 Å². The number of aryl methyl sites for hydroxylation is 2. The topological polar surface area (TPSA) is 36.7 Å². The molecule has 0 fully saturated rings. The number of benzene rings is 1. The van der Waals surface area contributed by atoms with Crippen molar-refractivity contribution in [2.45, 2.75) is 13.8 Å². The second-order valence-electron chi connectivity index (χ2n) is 3.41. The first-order valence-electron chi connectivity index (χ1n) is 4.49. The Balaban J connectivity index is 2.78. The van der Waals surface area contributed by atoms with Crippen LogP contribution in [0.4, 0.5) is 0 Å². The Labute approximate surface area is 82.8 Å². The fourth-order valence-electron chi connectivity index (χ4n) is 1.44. The maximum Gasteiger partial charge on any atom is 0.0992 e. The molecule has 0 saturated heterocycles. The van der Waals surface area contributed by atoms with Crippen molar-refractivity contribution in [3.63, 3.8) is 0 Å². The standard InChI is InChI=1S/C12H10N2/c1-8-5-11-4-3-10(7-13)6-12(11)14-9(8)2/h3-6H,1-2H3. The zero-order valence-corrected chi connectivity index (χ0v) is 8.20. The molecular formula is C12H10N2. The quantitative estimate of drug-likeness (QED) is 0.628. The van der Waals surface area contributed by atoms with Crippen molar-refractivity contribution < 1.29 is 0 Å². The van der Waals surface area contributed by atoms with Gasteiger partial charge in [-0.05, 0) is 37.6 Å². The summed E-state index contributed by atoms with van der Waals surface area (Å²) in [4.78, 5) is 4.43. The predicted octanol–water partition coefficient (Wildman–Crippen LogP) is 2.72. The Bertz CT molecular complexity index is 536. The smallest absolute Gasteiger partial charge is 0.0992 e. The predicted molar refractivity (Wildman–Crippen MR) is 55.9 cm³/mol. The highest BCUT2D eigenvalue weighted by Gasteiger charge is 2.00. The van der Waals surface area contributed by atoms with Gasteiger partial charge >= 0.3 is 0 Å². The number of pyridine rings is 1. The van der Waals surface area contributed by atoms with Crippen LogP contribution in [0.25, 0.3) is 10.9 Å². The molecule has 0 atom stereocenters. The number of hydrogen-bond acceptors (Lipinski definition) is 2. The molecule has 0 aliphatic heterocycles. The van der Waals surface area contributed by atoms with Gasteiger partial charge in [-0.25, -0.2) is 0 Å². The molecule has 0 saturated carbocycles. The van der Waals surface area contributed by atoms with Crippen LogP contribution in [0.2, 0.25) is 0 Å². The van der Waals surface area contributed by atoms with Crippen LogP contribution >= 0.6 is 0 Å². The van der Waals surface area contributed by atoms with Crippen LogP contribution in [0.3, 0.4) is 0 Å². The molecule has 68 valence electrons. The van der Waals surface area contributed by atoms with Crippen molar-refractivity contribution in [1.82, 2.24) is 4.98 Å². The number of aromatic nitrogens is 1. The molecule has 1 aromatic carbocycles. The molecule has 2 heteroatoms. The summed E-state index contributed by atoms with van der Waals surface area (Å²) in [5.74, 6) is 0. The third-order valence-electron chi connectivity index (χ3n) is 2.39. The molecule has 0 bridgehead atoms. The molecule has 2 nitrogen and oxygen atoms in total. The third kappa shape index (κ3) is 1.33. The van der Waals surface area contributed by atoms with Gasteiger partial charge in [0.15, 0.2) is 0 Å². The lowest BCUT2D eigenvalue weighted by Gasteiger charge is -2.02. The highest BCUT2D eigenvalue weighted by molar-refractivity contribution is 5.80. The largest absolute Gasteiger partial charge is 0.253 e. The molecule has 0 aliphatic carbocycles. The first-order valence-corrected chi connectivity index (χ1v) is 4.49. The Kier molecular flexibility index (Phi) is 1.94. The molecule has 0 unspecified atom stereocenters. The molecule has 0 N–H and O–H groups in total. The van der Waals surface area contributed by atoms with Crippen LogP contribution in [-0.2, 0) is 0 Å². The van der Waals surface area contributed by atoms with E-state index in [9.17, 15) is 0 Å². The number of nitriles is 1. The average molecular weight is 182 g/mol. The van der Waals surface area contributed by atoms with E-state index in [-0.39, 0.29) is 0 Å². The summed E-state index contributed by atoms with van der Waals surface area (Å²) < 4.78 is 0. The molecule has 1 aromatic heterocycles. The maximum atomic E-state index is 8.74. The maximum absolute atomic E-state index is 8.74. The van der Waals surface area contributed by atoms with E-state index >= 15 is 0 Å². The van der Waals surface area contributed by atoms with Crippen molar-refractivity contribution in [2.24, 2.45) is 0 Å². The Morgan fingerprint density at radius 2 is 2.00 bits per heavy atom. The number of nitrogens with zero attached hydrogens (tertiary/aromatic N) is 2. The van der Waals surface area contributed by atoms with Crippen LogP contribution < -0.4 is 0 Å². The monoisotopic (exact) mass is 182 g/mol.